The molecule has 0 radical (unpaired) electrons. The van der Waals surface area contributed by atoms with Gasteiger partial charge in [0.1, 0.15) is 5.75 Å². The molecule has 0 saturated carbocycles. The van der Waals surface area contributed by atoms with E-state index in [-0.39, 0.29) is 12.1 Å². The van der Waals surface area contributed by atoms with E-state index >= 15 is 0 Å². The maximum absolute atomic E-state index is 6.01. The summed E-state index contributed by atoms with van der Waals surface area (Å²) in [6.45, 7) is 10.9. The lowest BCUT2D eigenvalue weighted by Crippen LogP contribution is -2.34. The van der Waals surface area contributed by atoms with Crippen molar-refractivity contribution in [1.29, 1.82) is 0 Å². The second-order valence-corrected chi connectivity index (χ2v) is 5.19. The predicted octanol–water partition coefficient (Wildman–Crippen LogP) is 4.33. The van der Waals surface area contributed by atoms with Crippen LogP contribution in [0.3, 0.4) is 0 Å². The standard InChI is InChI=1S/C18H31NO2/c1-5-11-17(21-8-4)18(19-14-6-2)15-12-9-10-13-16(15)20-7-3/h9-10,12-13,17-19H,5-8,11,14H2,1-4H3. The van der Waals surface area contributed by atoms with Gasteiger partial charge >= 0.3 is 0 Å². The third-order valence-corrected chi connectivity index (χ3v) is 3.49. The normalized spacial score (nSPS) is 13.9. The van der Waals surface area contributed by atoms with Gasteiger partial charge in [-0.1, -0.05) is 38.5 Å². The van der Waals surface area contributed by atoms with E-state index in [2.05, 4.69) is 44.3 Å². The molecular formula is C18H31NO2. The minimum Gasteiger partial charge on any atom is -0.494 e. The first-order valence-corrected chi connectivity index (χ1v) is 8.35. The van der Waals surface area contributed by atoms with Gasteiger partial charge in [-0.3, -0.25) is 0 Å². The second-order valence-electron chi connectivity index (χ2n) is 5.19. The van der Waals surface area contributed by atoms with E-state index in [0.717, 1.165) is 38.2 Å². The lowest BCUT2D eigenvalue weighted by atomic mass is 9.97. The van der Waals surface area contributed by atoms with Crippen molar-refractivity contribution in [2.24, 2.45) is 0 Å². The molecule has 3 heteroatoms. The van der Waals surface area contributed by atoms with Gasteiger partial charge in [0.25, 0.3) is 0 Å². The van der Waals surface area contributed by atoms with Crippen molar-refractivity contribution in [3.63, 3.8) is 0 Å². The zero-order valence-electron chi connectivity index (χ0n) is 14.0. The molecule has 0 fully saturated rings. The van der Waals surface area contributed by atoms with Crippen LogP contribution in [0.25, 0.3) is 0 Å². The summed E-state index contributed by atoms with van der Waals surface area (Å²) < 4.78 is 11.8. The van der Waals surface area contributed by atoms with Gasteiger partial charge in [0.2, 0.25) is 0 Å². The van der Waals surface area contributed by atoms with Crippen LogP contribution in [0.15, 0.2) is 24.3 Å². The highest BCUT2D eigenvalue weighted by Crippen LogP contribution is 2.30. The number of ether oxygens (including phenoxy) is 2. The molecule has 0 bridgehead atoms. The Bertz CT molecular complexity index is 375. The fourth-order valence-corrected chi connectivity index (χ4v) is 2.61. The molecule has 0 aliphatic heterocycles. The number of hydrogen-bond acceptors (Lipinski definition) is 3. The summed E-state index contributed by atoms with van der Waals surface area (Å²) in [6, 6.07) is 8.50. The number of benzene rings is 1. The molecule has 1 aromatic rings. The van der Waals surface area contributed by atoms with Crippen LogP contribution in [-0.2, 0) is 4.74 Å². The van der Waals surface area contributed by atoms with Crippen LogP contribution in [0.4, 0.5) is 0 Å². The van der Waals surface area contributed by atoms with Gasteiger partial charge in [0.15, 0.2) is 0 Å². The highest BCUT2D eigenvalue weighted by atomic mass is 16.5. The smallest absolute Gasteiger partial charge is 0.124 e. The maximum atomic E-state index is 6.01. The molecule has 0 amide bonds. The van der Waals surface area contributed by atoms with Gasteiger partial charge in [0.05, 0.1) is 18.8 Å². The van der Waals surface area contributed by atoms with E-state index in [1.54, 1.807) is 0 Å². The molecule has 1 aromatic carbocycles. The first-order valence-electron chi connectivity index (χ1n) is 8.35. The van der Waals surface area contributed by atoms with Crippen molar-refractivity contribution in [2.75, 3.05) is 19.8 Å². The third kappa shape index (κ3) is 5.68. The monoisotopic (exact) mass is 293 g/mol. The summed E-state index contributed by atoms with van der Waals surface area (Å²) in [5.41, 5.74) is 1.21. The SMILES string of the molecule is CCCNC(c1ccccc1OCC)C(CCC)OCC. The molecule has 0 spiro atoms. The first kappa shape index (κ1) is 18.0. The Morgan fingerprint density at radius 3 is 2.38 bits per heavy atom. The molecule has 2 atom stereocenters. The number of nitrogens with one attached hydrogen (secondary N) is 1. The van der Waals surface area contributed by atoms with Gasteiger partial charge < -0.3 is 14.8 Å². The molecule has 0 saturated heterocycles. The molecular weight excluding hydrogens is 262 g/mol. The Hall–Kier alpha value is -1.06. The van der Waals surface area contributed by atoms with E-state index in [0.29, 0.717) is 6.61 Å². The van der Waals surface area contributed by atoms with Crippen molar-refractivity contribution >= 4 is 0 Å². The van der Waals surface area contributed by atoms with E-state index < -0.39 is 0 Å². The molecule has 3 nitrogen and oxygen atoms in total. The zero-order chi connectivity index (χ0) is 15.5. The summed E-state index contributed by atoms with van der Waals surface area (Å²) in [4.78, 5) is 0. The predicted molar refractivity (Wildman–Crippen MR) is 89.0 cm³/mol. The van der Waals surface area contributed by atoms with Crippen LogP contribution in [0, 0.1) is 0 Å². The lowest BCUT2D eigenvalue weighted by molar-refractivity contribution is 0.0269. The summed E-state index contributed by atoms with van der Waals surface area (Å²) in [5.74, 6) is 0.967. The molecule has 0 aliphatic rings. The molecule has 0 aliphatic carbocycles. The minimum atomic E-state index is 0.188. The lowest BCUT2D eigenvalue weighted by Gasteiger charge is -2.29. The average Bonchev–Trinajstić information content (AvgIpc) is 2.50. The van der Waals surface area contributed by atoms with E-state index in [1.807, 2.05) is 13.0 Å². The molecule has 21 heavy (non-hydrogen) atoms. The molecule has 0 aromatic heterocycles. The van der Waals surface area contributed by atoms with Crippen LogP contribution in [-0.4, -0.2) is 25.9 Å². The summed E-state index contributed by atoms with van der Waals surface area (Å²) in [7, 11) is 0. The summed E-state index contributed by atoms with van der Waals surface area (Å²) in [5, 5.41) is 3.65. The fraction of sp³-hybridized carbons (Fsp3) is 0.667. The van der Waals surface area contributed by atoms with Gasteiger partial charge in [-0.2, -0.15) is 0 Å². The number of rotatable bonds is 11. The van der Waals surface area contributed by atoms with Crippen molar-refractivity contribution in [3.8, 4) is 5.75 Å². The second kappa shape index (κ2) is 10.6. The zero-order valence-corrected chi connectivity index (χ0v) is 14.0. The van der Waals surface area contributed by atoms with E-state index in [9.17, 15) is 0 Å². The molecule has 2 unspecified atom stereocenters. The van der Waals surface area contributed by atoms with Crippen LogP contribution in [0.2, 0.25) is 0 Å². The van der Waals surface area contributed by atoms with Gasteiger partial charge in [-0.15, -0.1) is 0 Å². The summed E-state index contributed by atoms with van der Waals surface area (Å²) in [6.07, 6.45) is 3.47. The van der Waals surface area contributed by atoms with Crippen molar-refractivity contribution in [2.45, 2.75) is 59.1 Å². The van der Waals surface area contributed by atoms with Crippen molar-refractivity contribution in [3.05, 3.63) is 29.8 Å². The average molecular weight is 293 g/mol. The Balaban J connectivity index is 3.04. The molecule has 1 N–H and O–H groups in total. The van der Waals surface area contributed by atoms with E-state index in [1.165, 1.54) is 5.56 Å². The quantitative estimate of drug-likeness (QED) is 0.658. The topological polar surface area (TPSA) is 30.5 Å². The Morgan fingerprint density at radius 1 is 1.00 bits per heavy atom. The number of para-hydroxylation sites is 1. The Kier molecular flexibility index (Phi) is 9.11. The van der Waals surface area contributed by atoms with Crippen molar-refractivity contribution in [1.82, 2.24) is 5.32 Å². The summed E-state index contributed by atoms with van der Waals surface area (Å²) >= 11 is 0. The molecule has 120 valence electrons. The Labute approximate surface area is 130 Å². The van der Waals surface area contributed by atoms with Gasteiger partial charge in [-0.25, -0.2) is 0 Å². The number of hydrogen-bond donors (Lipinski definition) is 1. The van der Waals surface area contributed by atoms with Crippen LogP contribution in [0.1, 0.15) is 58.6 Å². The fourth-order valence-electron chi connectivity index (χ4n) is 2.61. The molecule has 0 heterocycles. The highest BCUT2D eigenvalue weighted by molar-refractivity contribution is 5.36. The van der Waals surface area contributed by atoms with Gasteiger partial charge in [0, 0.05) is 12.2 Å². The maximum Gasteiger partial charge on any atom is 0.124 e. The van der Waals surface area contributed by atoms with Crippen LogP contribution < -0.4 is 10.1 Å². The Morgan fingerprint density at radius 2 is 1.76 bits per heavy atom. The minimum absolute atomic E-state index is 0.188. The van der Waals surface area contributed by atoms with E-state index in [4.69, 9.17) is 9.47 Å². The molecule has 1 rings (SSSR count). The van der Waals surface area contributed by atoms with Gasteiger partial charge in [-0.05, 0) is 39.3 Å². The highest BCUT2D eigenvalue weighted by Gasteiger charge is 2.25. The largest absolute Gasteiger partial charge is 0.494 e. The third-order valence-electron chi connectivity index (χ3n) is 3.49. The van der Waals surface area contributed by atoms with Crippen molar-refractivity contribution < 1.29 is 9.47 Å². The van der Waals surface area contributed by atoms with Crippen LogP contribution >= 0.6 is 0 Å². The van der Waals surface area contributed by atoms with Crippen LogP contribution in [0.5, 0.6) is 5.75 Å². The first-order chi connectivity index (χ1) is 10.3.